The maximum Gasteiger partial charge on any atom is 0.312 e. The zero-order valence-corrected chi connectivity index (χ0v) is 18.6. The molecule has 2 aromatic heterocycles. The summed E-state index contributed by atoms with van der Waals surface area (Å²) in [5.41, 5.74) is 3.36. The Kier molecular flexibility index (Phi) is 6.28. The number of thiophene rings is 1. The van der Waals surface area contributed by atoms with Crippen LogP contribution in [0.5, 0.6) is 5.75 Å². The summed E-state index contributed by atoms with van der Waals surface area (Å²) < 4.78 is 6.78. The molecule has 0 amide bonds. The number of carbonyl (C=O) groups is 2. The number of Topliss-reactive ketones (excluding diaryl/α,β-unsaturated/α-hetero) is 1. The standard InChI is InChI=1S/C25H22N2O4S/c1-3-21(28)18-8-10-19(11-9-18)31-22(29)12-13-27-15-26-24-23(25(27)30)20(14-32-24)17-6-4-16(2)5-7-17/h4-11,14-15H,3,12-13H2,1-2H3. The molecule has 0 radical (unpaired) electrons. The fraction of sp³-hybridized carbons (Fsp3) is 0.200. The van der Waals surface area contributed by atoms with Gasteiger partial charge in [-0.15, -0.1) is 11.3 Å². The second-order valence-corrected chi connectivity index (χ2v) is 8.32. The fourth-order valence-electron chi connectivity index (χ4n) is 3.38. The molecule has 0 saturated heterocycles. The molecule has 6 nitrogen and oxygen atoms in total. The first kappa shape index (κ1) is 21.6. The third-order valence-electron chi connectivity index (χ3n) is 5.21. The normalized spacial score (nSPS) is 10.9. The number of fused-ring (bicyclic) bond motifs is 1. The number of esters is 1. The monoisotopic (exact) mass is 446 g/mol. The van der Waals surface area contributed by atoms with Crippen LogP contribution in [0, 0.1) is 6.92 Å². The number of benzene rings is 2. The Balaban J connectivity index is 1.48. The van der Waals surface area contributed by atoms with Crippen LogP contribution in [0.1, 0.15) is 35.7 Å². The third-order valence-corrected chi connectivity index (χ3v) is 6.10. The lowest BCUT2D eigenvalue weighted by molar-refractivity contribution is -0.134. The van der Waals surface area contributed by atoms with E-state index >= 15 is 0 Å². The predicted octanol–water partition coefficient (Wildman–Crippen LogP) is 5.02. The number of aryl methyl sites for hydroxylation is 2. The minimum Gasteiger partial charge on any atom is -0.426 e. The highest BCUT2D eigenvalue weighted by atomic mass is 32.1. The third kappa shape index (κ3) is 4.53. The number of ketones is 1. The van der Waals surface area contributed by atoms with Gasteiger partial charge in [0.15, 0.2) is 5.78 Å². The van der Waals surface area contributed by atoms with Crippen LogP contribution in [0.4, 0.5) is 0 Å². The zero-order chi connectivity index (χ0) is 22.7. The van der Waals surface area contributed by atoms with E-state index in [9.17, 15) is 14.4 Å². The van der Waals surface area contributed by atoms with Crippen LogP contribution in [0.3, 0.4) is 0 Å². The van der Waals surface area contributed by atoms with Crippen LogP contribution in [0.15, 0.2) is 65.0 Å². The van der Waals surface area contributed by atoms with E-state index in [1.54, 1.807) is 31.2 Å². The van der Waals surface area contributed by atoms with Crippen molar-refractivity contribution >= 4 is 33.3 Å². The molecule has 2 aromatic carbocycles. The summed E-state index contributed by atoms with van der Waals surface area (Å²) in [6.07, 6.45) is 1.91. The van der Waals surface area contributed by atoms with E-state index in [1.165, 1.54) is 22.2 Å². The first-order valence-electron chi connectivity index (χ1n) is 10.3. The topological polar surface area (TPSA) is 78.3 Å². The van der Waals surface area contributed by atoms with Gasteiger partial charge >= 0.3 is 5.97 Å². The fourth-order valence-corrected chi connectivity index (χ4v) is 4.29. The minimum absolute atomic E-state index is 0.0206. The van der Waals surface area contributed by atoms with Crippen molar-refractivity contribution in [3.05, 3.63) is 81.7 Å². The van der Waals surface area contributed by atoms with Gasteiger partial charge in [-0.25, -0.2) is 4.98 Å². The summed E-state index contributed by atoms with van der Waals surface area (Å²) in [7, 11) is 0. The molecule has 0 aliphatic rings. The molecule has 0 aliphatic heterocycles. The van der Waals surface area contributed by atoms with Gasteiger partial charge in [-0.1, -0.05) is 36.8 Å². The molecule has 0 unspecified atom stereocenters. The summed E-state index contributed by atoms with van der Waals surface area (Å²) in [4.78, 5) is 42.1. The van der Waals surface area contributed by atoms with E-state index in [0.29, 0.717) is 28.0 Å². The highest BCUT2D eigenvalue weighted by Crippen LogP contribution is 2.30. The highest BCUT2D eigenvalue weighted by molar-refractivity contribution is 7.17. The first-order chi connectivity index (χ1) is 15.5. The maximum absolute atomic E-state index is 13.1. The zero-order valence-electron chi connectivity index (χ0n) is 17.8. The molecule has 4 aromatic rings. The van der Waals surface area contributed by atoms with Crippen molar-refractivity contribution in [1.82, 2.24) is 9.55 Å². The van der Waals surface area contributed by atoms with Crippen molar-refractivity contribution in [3.63, 3.8) is 0 Å². The van der Waals surface area contributed by atoms with Crippen LogP contribution in [-0.2, 0) is 11.3 Å². The van der Waals surface area contributed by atoms with Crippen LogP contribution >= 0.6 is 11.3 Å². The smallest absolute Gasteiger partial charge is 0.312 e. The number of carbonyl (C=O) groups excluding carboxylic acids is 2. The van der Waals surface area contributed by atoms with Crippen LogP contribution in [-0.4, -0.2) is 21.3 Å². The Bertz CT molecular complexity index is 1340. The van der Waals surface area contributed by atoms with Crippen molar-refractivity contribution in [2.75, 3.05) is 0 Å². The molecule has 0 bridgehead atoms. The van der Waals surface area contributed by atoms with Crippen LogP contribution < -0.4 is 10.3 Å². The van der Waals surface area contributed by atoms with Gasteiger partial charge in [0.1, 0.15) is 10.6 Å². The number of hydrogen-bond donors (Lipinski definition) is 0. The van der Waals surface area contributed by atoms with Gasteiger partial charge in [-0.05, 0) is 36.8 Å². The quantitative estimate of drug-likeness (QED) is 0.226. The molecule has 0 fully saturated rings. The molecule has 32 heavy (non-hydrogen) atoms. The minimum atomic E-state index is -0.462. The van der Waals surface area contributed by atoms with E-state index < -0.39 is 5.97 Å². The van der Waals surface area contributed by atoms with E-state index in [4.69, 9.17) is 4.74 Å². The molecule has 0 saturated carbocycles. The van der Waals surface area contributed by atoms with E-state index in [1.807, 2.05) is 36.6 Å². The second kappa shape index (κ2) is 9.28. The van der Waals surface area contributed by atoms with Crippen molar-refractivity contribution in [3.8, 4) is 16.9 Å². The van der Waals surface area contributed by atoms with Gasteiger partial charge in [0.05, 0.1) is 18.1 Å². The average Bonchev–Trinajstić information content (AvgIpc) is 3.24. The summed E-state index contributed by atoms with van der Waals surface area (Å²) in [6, 6.07) is 14.5. The maximum atomic E-state index is 13.1. The van der Waals surface area contributed by atoms with E-state index in [2.05, 4.69) is 4.98 Å². The number of rotatable bonds is 7. The SMILES string of the molecule is CCC(=O)c1ccc(OC(=O)CCn2cnc3scc(-c4ccc(C)cc4)c3c2=O)cc1. The average molecular weight is 447 g/mol. The molecule has 2 heterocycles. The van der Waals surface area contributed by atoms with Crippen LogP contribution in [0.25, 0.3) is 21.3 Å². The molecule has 0 N–H and O–H groups in total. The van der Waals surface area contributed by atoms with Crippen molar-refractivity contribution < 1.29 is 14.3 Å². The molecular formula is C25H22N2O4S. The summed E-state index contributed by atoms with van der Waals surface area (Å²) in [5, 5.41) is 2.50. The molecule has 4 rings (SSSR count). The highest BCUT2D eigenvalue weighted by Gasteiger charge is 2.14. The summed E-state index contributed by atoms with van der Waals surface area (Å²) in [6.45, 7) is 3.97. The molecular weight excluding hydrogens is 424 g/mol. The number of hydrogen-bond acceptors (Lipinski definition) is 6. The Morgan fingerprint density at radius 2 is 1.78 bits per heavy atom. The largest absolute Gasteiger partial charge is 0.426 e. The number of ether oxygens (including phenoxy) is 1. The number of nitrogens with zero attached hydrogens (tertiary/aromatic N) is 2. The first-order valence-corrected chi connectivity index (χ1v) is 11.2. The van der Waals surface area contributed by atoms with Gasteiger partial charge in [0.25, 0.3) is 5.56 Å². The lowest BCUT2D eigenvalue weighted by Gasteiger charge is -2.08. The van der Waals surface area contributed by atoms with E-state index in [0.717, 1.165) is 16.7 Å². The summed E-state index contributed by atoms with van der Waals surface area (Å²) in [5.74, 6) is -0.0673. The second-order valence-electron chi connectivity index (χ2n) is 7.46. The number of aromatic nitrogens is 2. The van der Waals surface area contributed by atoms with Crippen LogP contribution in [0.2, 0.25) is 0 Å². The van der Waals surface area contributed by atoms with Gasteiger partial charge < -0.3 is 4.74 Å². The lowest BCUT2D eigenvalue weighted by atomic mass is 10.1. The molecule has 0 spiro atoms. The lowest BCUT2D eigenvalue weighted by Crippen LogP contribution is -2.23. The van der Waals surface area contributed by atoms with Gasteiger partial charge in [-0.3, -0.25) is 19.0 Å². The van der Waals surface area contributed by atoms with Gasteiger partial charge in [-0.2, -0.15) is 0 Å². The Hall–Kier alpha value is -3.58. The molecule has 0 atom stereocenters. The molecule has 7 heteroatoms. The van der Waals surface area contributed by atoms with Gasteiger partial charge in [0, 0.05) is 29.5 Å². The van der Waals surface area contributed by atoms with E-state index in [-0.39, 0.29) is 24.3 Å². The molecule has 162 valence electrons. The van der Waals surface area contributed by atoms with Gasteiger partial charge in [0.2, 0.25) is 0 Å². The Morgan fingerprint density at radius 3 is 2.47 bits per heavy atom. The Morgan fingerprint density at radius 1 is 1.06 bits per heavy atom. The van der Waals surface area contributed by atoms with Crippen molar-refractivity contribution in [2.45, 2.75) is 33.2 Å². The predicted molar refractivity (Wildman–Crippen MR) is 125 cm³/mol. The van der Waals surface area contributed by atoms with Crippen molar-refractivity contribution in [1.29, 1.82) is 0 Å². The Labute approximate surface area is 189 Å². The van der Waals surface area contributed by atoms with Crippen molar-refractivity contribution in [2.24, 2.45) is 0 Å². The molecule has 0 aliphatic carbocycles. The summed E-state index contributed by atoms with van der Waals surface area (Å²) >= 11 is 1.43.